The van der Waals surface area contributed by atoms with Gasteiger partial charge < -0.3 is 5.32 Å². The summed E-state index contributed by atoms with van der Waals surface area (Å²) < 4.78 is -0.471. The van der Waals surface area contributed by atoms with Crippen molar-refractivity contribution in [1.29, 1.82) is 0 Å². The summed E-state index contributed by atoms with van der Waals surface area (Å²) in [7, 11) is 1.45. The van der Waals surface area contributed by atoms with Crippen LogP contribution in [0.4, 0.5) is 4.79 Å². The number of carbonyl (C=O) groups is 2. The molecule has 0 aromatic heterocycles. The second kappa shape index (κ2) is 6.08. The zero-order valence-electron chi connectivity index (χ0n) is 11.1. The molecule has 1 rings (SSSR count). The molecule has 1 saturated heterocycles. The van der Waals surface area contributed by atoms with Gasteiger partial charge in [0.05, 0.1) is 0 Å². The van der Waals surface area contributed by atoms with E-state index < -0.39 is 10.8 Å². The lowest BCUT2D eigenvalue weighted by molar-refractivity contribution is -0.129. The first-order valence-corrected chi connectivity index (χ1v) is 6.84. The summed E-state index contributed by atoms with van der Waals surface area (Å²) >= 11 is 1.37. The first-order chi connectivity index (χ1) is 8.54. The Morgan fingerprint density at radius 2 is 2.06 bits per heavy atom. The monoisotopic (exact) mass is 273 g/mol. The lowest BCUT2D eigenvalue weighted by Gasteiger charge is -2.21. The Morgan fingerprint density at radius 3 is 2.50 bits per heavy atom. The predicted octanol–water partition coefficient (Wildman–Crippen LogP) is 1.77. The molecule has 0 aromatic rings. The van der Waals surface area contributed by atoms with E-state index in [1.54, 1.807) is 4.90 Å². The van der Waals surface area contributed by atoms with E-state index in [9.17, 15) is 9.59 Å². The van der Waals surface area contributed by atoms with Crippen molar-refractivity contribution in [3.05, 3.63) is 0 Å². The number of amidine groups is 1. The Bertz CT molecular complexity index is 367. The van der Waals surface area contributed by atoms with E-state index in [-0.39, 0.29) is 5.91 Å². The van der Waals surface area contributed by atoms with Gasteiger partial charge >= 0.3 is 6.09 Å². The second-order valence-electron chi connectivity index (χ2n) is 3.86. The largest absolute Gasteiger partial charge is 0.433 e. The van der Waals surface area contributed by atoms with Gasteiger partial charge in [0.1, 0.15) is 4.75 Å². The Labute approximate surface area is 111 Å². The minimum Gasteiger partial charge on any atom is -0.323 e. The van der Waals surface area contributed by atoms with Crippen LogP contribution in [0.5, 0.6) is 0 Å². The van der Waals surface area contributed by atoms with Gasteiger partial charge in [0.2, 0.25) is 11.1 Å². The molecule has 0 spiro atoms. The van der Waals surface area contributed by atoms with E-state index in [0.717, 1.165) is 12.8 Å². The summed E-state index contributed by atoms with van der Waals surface area (Å²) in [5, 5.41) is 6.51. The van der Waals surface area contributed by atoms with Crippen LogP contribution < -0.4 is 5.32 Å². The normalized spacial score (nSPS) is 20.3. The predicted molar refractivity (Wildman–Crippen MR) is 71.3 cm³/mol. The van der Waals surface area contributed by atoms with E-state index in [0.29, 0.717) is 11.7 Å². The van der Waals surface area contributed by atoms with E-state index in [4.69, 9.17) is 0 Å². The van der Waals surface area contributed by atoms with E-state index in [2.05, 4.69) is 15.3 Å². The van der Waals surface area contributed by atoms with Crippen LogP contribution in [0.2, 0.25) is 0 Å². The molecule has 0 bridgehead atoms. The fourth-order valence-electron chi connectivity index (χ4n) is 1.78. The highest BCUT2D eigenvalue weighted by atomic mass is 32.2. The SMILES string of the molecule is CCN1C(=O)C(CC)(CC)SC1=NOC(=O)NC. The molecule has 6 nitrogen and oxygen atoms in total. The third kappa shape index (κ3) is 2.60. The number of nitrogens with zero attached hydrogens (tertiary/aromatic N) is 2. The van der Waals surface area contributed by atoms with Crippen molar-refractivity contribution in [2.24, 2.45) is 5.16 Å². The van der Waals surface area contributed by atoms with Crippen molar-refractivity contribution in [3.8, 4) is 0 Å². The number of carbonyl (C=O) groups excluding carboxylic acids is 2. The summed E-state index contributed by atoms with van der Waals surface area (Å²) in [5.41, 5.74) is 0. The van der Waals surface area contributed by atoms with Crippen LogP contribution in [0.25, 0.3) is 0 Å². The molecule has 0 atom stereocenters. The number of amides is 2. The van der Waals surface area contributed by atoms with Gasteiger partial charge in [0, 0.05) is 13.6 Å². The Kier molecular flexibility index (Phi) is 5.01. The average Bonchev–Trinajstić information content (AvgIpc) is 2.68. The van der Waals surface area contributed by atoms with Crippen LogP contribution in [-0.4, -0.2) is 40.4 Å². The molecule has 0 saturated carbocycles. The maximum absolute atomic E-state index is 12.3. The molecule has 18 heavy (non-hydrogen) atoms. The summed E-state index contributed by atoms with van der Waals surface area (Å²) in [4.78, 5) is 29.5. The second-order valence-corrected chi connectivity index (χ2v) is 5.21. The standard InChI is InChI=1S/C11H19N3O3S/c1-5-11(6-2)8(15)14(7-3)9(18-11)13-17-10(16)12-4/h5-7H2,1-4H3,(H,12,16). The topological polar surface area (TPSA) is 71.0 Å². The third-order valence-electron chi connectivity index (χ3n) is 3.02. The van der Waals surface area contributed by atoms with Gasteiger partial charge in [-0.15, -0.1) is 0 Å². The minimum atomic E-state index is -0.642. The molecule has 2 amide bonds. The van der Waals surface area contributed by atoms with Gasteiger partial charge in [-0.2, -0.15) is 0 Å². The number of hydrogen-bond donors (Lipinski definition) is 1. The quantitative estimate of drug-likeness (QED) is 0.626. The van der Waals surface area contributed by atoms with Gasteiger partial charge in [-0.3, -0.25) is 14.5 Å². The van der Waals surface area contributed by atoms with Crippen molar-refractivity contribution in [3.63, 3.8) is 0 Å². The van der Waals surface area contributed by atoms with Crippen LogP contribution in [-0.2, 0) is 9.63 Å². The van der Waals surface area contributed by atoms with Crippen molar-refractivity contribution in [1.82, 2.24) is 10.2 Å². The molecule has 0 radical (unpaired) electrons. The highest BCUT2D eigenvalue weighted by Gasteiger charge is 2.48. The highest BCUT2D eigenvalue weighted by molar-refractivity contribution is 8.16. The van der Waals surface area contributed by atoms with Gasteiger partial charge in [0.15, 0.2) is 0 Å². The maximum Gasteiger partial charge on any atom is 0.433 e. The summed E-state index contributed by atoms with van der Waals surface area (Å²) in [6.45, 7) is 6.34. The highest BCUT2D eigenvalue weighted by Crippen LogP contribution is 2.42. The molecule has 102 valence electrons. The smallest absolute Gasteiger partial charge is 0.323 e. The lowest BCUT2D eigenvalue weighted by Crippen LogP contribution is -2.38. The van der Waals surface area contributed by atoms with E-state index >= 15 is 0 Å². The molecule has 0 unspecified atom stereocenters. The van der Waals surface area contributed by atoms with Crippen LogP contribution in [0.1, 0.15) is 33.6 Å². The number of hydrogen-bond acceptors (Lipinski definition) is 5. The van der Waals surface area contributed by atoms with Crippen molar-refractivity contribution >= 4 is 28.9 Å². The van der Waals surface area contributed by atoms with Gasteiger partial charge in [-0.05, 0) is 24.9 Å². The lowest BCUT2D eigenvalue weighted by atomic mass is 10.0. The third-order valence-corrected chi connectivity index (χ3v) is 4.64. The summed E-state index contributed by atoms with van der Waals surface area (Å²) in [6.07, 6.45) is 0.808. The van der Waals surface area contributed by atoms with Gasteiger partial charge in [0.25, 0.3) is 0 Å². The average molecular weight is 273 g/mol. The summed E-state index contributed by atoms with van der Waals surface area (Å²) in [5.74, 6) is 0.0410. The molecular formula is C11H19N3O3S. The molecule has 0 aromatic carbocycles. The fourth-order valence-corrected chi connectivity index (χ4v) is 3.01. The van der Waals surface area contributed by atoms with E-state index in [1.807, 2.05) is 20.8 Å². The fraction of sp³-hybridized carbons (Fsp3) is 0.727. The van der Waals surface area contributed by atoms with Gasteiger partial charge in [-0.1, -0.05) is 25.6 Å². The number of rotatable bonds is 4. The summed E-state index contributed by atoms with van der Waals surface area (Å²) in [6, 6.07) is 0. The number of oxime groups is 1. The van der Waals surface area contributed by atoms with Crippen LogP contribution in [0.15, 0.2) is 5.16 Å². The van der Waals surface area contributed by atoms with Crippen LogP contribution in [0, 0.1) is 0 Å². The molecule has 1 aliphatic rings. The molecule has 1 fully saturated rings. The van der Waals surface area contributed by atoms with Crippen molar-refractivity contribution in [2.45, 2.75) is 38.4 Å². The Morgan fingerprint density at radius 1 is 1.44 bits per heavy atom. The van der Waals surface area contributed by atoms with E-state index in [1.165, 1.54) is 18.8 Å². The van der Waals surface area contributed by atoms with Crippen LogP contribution in [0.3, 0.4) is 0 Å². The molecular weight excluding hydrogens is 254 g/mol. The molecule has 7 heteroatoms. The van der Waals surface area contributed by atoms with Crippen LogP contribution >= 0.6 is 11.8 Å². The Hall–Kier alpha value is -1.24. The molecule has 1 N–H and O–H groups in total. The first kappa shape index (κ1) is 14.8. The van der Waals surface area contributed by atoms with Crippen molar-refractivity contribution < 1.29 is 14.4 Å². The minimum absolute atomic E-state index is 0.0410. The Balaban J connectivity index is 2.93. The zero-order chi connectivity index (χ0) is 13.8. The van der Waals surface area contributed by atoms with Gasteiger partial charge in [-0.25, -0.2) is 4.79 Å². The van der Waals surface area contributed by atoms with Crippen molar-refractivity contribution in [2.75, 3.05) is 13.6 Å². The zero-order valence-corrected chi connectivity index (χ0v) is 12.0. The molecule has 1 heterocycles. The number of nitrogens with one attached hydrogen (secondary N) is 1. The number of thioether (sulfide) groups is 1. The maximum atomic E-state index is 12.3. The molecule has 0 aliphatic carbocycles. The molecule has 1 aliphatic heterocycles. The first-order valence-electron chi connectivity index (χ1n) is 6.02.